The van der Waals surface area contributed by atoms with Gasteiger partial charge in [0.25, 0.3) is 5.91 Å². The molecular weight excluding hydrogens is 515 g/mol. The molecule has 0 aliphatic rings. The van der Waals surface area contributed by atoms with Gasteiger partial charge in [-0.1, -0.05) is 22.0 Å². The van der Waals surface area contributed by atoms with Crippen LogP contribution in [0.4, 0.5) is 0 Å². The first-order chi connectivity index (χ1) is 11.4. The molecule has 0 heterocycles. The van der Waals surface area contributed by atoms with Crippen LogP contribution in [-0.4, -0.2) is 49.0 Å². The van der Waals surface area contributed by atoms with Crippen molar-refractivity contribution in [3.05, 3.63) is 34.3 Å². The van der Waals surface area contributed by atoms with Crippen molar-refractivity contribution < 1.29 is 4.79 Å². The summed E-state index contributed by atoms with van der Waals surface area (Å²) in [5, 5.41) is 9.36. The Balaban J connectivity index is 0.00000576. The maximum Gasteiger partial charge on any atom is 0.251 e. The molecule has 0 spiro atoms. The highest BCUT2D eigenvalue weighted by atomic mass is 127. The van der Waals surface area contributed by atoms with Gasteiger partial charge in [0.2, 0.25) is 0 Å². The number of benzene rings is 1. The number of thioether (sulfide) groups is 1. The standard InChI is InChI=1S/C17H27BrN4OS.HI/c1-5-19-16(22-12-17(2,3)24-4)21-10-9-20-15(23)13-7-6-8-14(18)11-13;/h6-8,11H,5,9-10,12H2,1-4H3,(H,20,23)(H2,19,21,22);1H. The van der Waals surface area contributed by atoms with Crippen LogP contribution in [-0.2, 0) is 0 Å². The van der Waals surface area contributed by atoms with E-state index in [2.05, 4.69) is 57.0 Å². The molecule has 1 aromatic rings. The molecule has 3 N–H and O–H groups in total. The molecule has 0 saturated heterocycles. The van der Waals surface area contributed by atoms with Crippen LogP contribution in [0.25, 0.3) is 0 Å². The summed E-state index contributed by atoms with van der Waals surface area (Å²) in [5.41, 5.74) is 0.645. The largest absolute Gasteiger partial charge is 0.357 e. The SMILES string of the molecule is CCNC(=NCC(C)(C)SC)NCCNC(=O)c1cccc(Br)c1.I. The van der Waals surface area contributed by atoms with Crippen LogP contribution in [0.2, 0.25) is 0 Å². The summed E-state index contributed by atoms with van der Waals surface area (Å²) in [5.74, 6) is 0.694. The molecule has 25 heavy (non-hydrogen) atoms. The number of carbonyl (C=O) groups is 1. The van der Waals surface area contributed by atoms with Crippen LogP contribution in [0.1, 0.15) is 31.1 Å². The number of rotatable bonds is 8. The fraction of sp³-hybridized carbons (Fsp3) is 0.529. The predicted octanol–water partition coefficient (Wildman–Crippen LogP) is 3.49. The van der Waals surface area contributed by atoms with Crippen molar-refractivity contribution in [1.29, 1.82) is 0 Å². The van der Waals surface area contributed by atoms with Gasteiger partial charge in [-0.25, -0.2) is 0 Å². The predicted molar refractivity (Wildman–Crippen MR) is 123 cm³/mol. The summed E-state index contributed by atoms with van der Waals surface area (Å²) in [7, 11) is 0. The number of hydrogen-bond donors (Lipinski definition) is 3. The third-order valence-electron chi connectivity index (χ3n) is 3.30. The first-order valence-corrected chi connectivity index (χ1v) is 10.0. The second-order valence-electron chi connectivity index (χ2n) is 5.85. The topological polar surface area (TPSA) is 65.5 Å². The van der Waals surface area contributed by atoms with Gasteiger partial charge in [-0.15, -0.1) is 24.0 Å². The number of guanidine groups is 1. The third kappa shape index (κ3) is 10.3. The zero-order chi connectivity index (χ0) is 18.0. The maximum atomic E-state index is 12.1. The highest BCUT2D eigenvalue weighted by Crippen LogP contribution is 2.20. The molecule has 0 bridgehead atoms. The third-order valence-corrected chi connectivity index (χ3v) is 5.03. The van der Waals surface area contributed by atoms with Crippen molar-refractivity contribution in [2.24, 2.45) is 4.99 Å². The molecule has 0 fully saturated rings. The molecule has 1 amide bonds. The summed E-state index contributed by atoms with van der Waals surface area (Å²) >= 11 is 5.16. The van der Waals surface area contributed by atoms with E-state index in [1.165, 1.54) is 0 Å². The van der Waals surface area contributed by atoms with Gasteiger partial charge in [-0.3, -0.25) is 9.79 Å². The highest BCUT2D eigenvalue weighted by molar-refractivity contribution is 14.0. The van der Waals surface area contributed by atoms with Crippen LogP contribution in [0, 0.1) is 0 Å². The zero-order valence-corrected chi connectivity index (χ0v) is 19.9. The molecule has 0 aromatic heterocycles. The van der Waals surface area contributed by atoms with E-state index >= 15 is 0 Å². The number of hydrogen-bond acceptors (Lipinski definition) is 3. The van der Waals surface area contributed by atoms with Gasteiger partial charge in [-0.2, -0.15) is 11.8 Å². The lowest BCUT2D eigenvalue weighted by atomic mass is 10.2. The van der Waals surface area contributed by atoms with E-state index in [-0.39, 0.29) is 34.6 Å². The Bertz CT molecular complexity index is 569. The van der Waals surface area contributed by atoms with E-state index in [1.54, 1.807) is 23.9 Å². The average molecular weight is 543 g/mol. The second-order valence-corrected chi connectivity index (χ2v) is 8.28. The summed E-state index contributed by atoms with van der Waals surface area (Å²) in [6.45, 7) is 9.05. The van der Waals surface area contributed by atoms with Crippen LogP contribution >= 0.6 is 51.7 Å². The van der Waals surface area contributed by atoms with Gasteiger partial charge in [0.15, 0.2) is 5.96 Å². The molecule has 5 nitrogen and oxygen atoms in total. The molecule has 0 aliphatic carbocycles. The highest BCUT2D eigenvalue weighted by Gasteiger charge is 2.15. The summed E-state index contributed by atoms with van der Waals surface area (Å²) < 4.78 is 1.00. The first kappa shape index (κ1) is 24.5. The molecule has 1 rings (SSSR count). The summed E-state index contributed by atoms with van der Waals surface area (Å²) in [6.07, 6.45) is 2.09. The lowest BCUT2D eigenvalue weighted by Crippen LogP contribution is -2.42. The van der Waals surface area contributed by atoms with E-state index < -0.39 is 0 Å². The smallest absolute Gasteiger partial charge is 0.251 e. The van der Waals surface area contributed by atoms with E-state index in [0.29, 0.717) is 18.7 Å². The van der Waals surface area contributed by atoms with Gasteiger partial charge < -0.3 is 16.0 Å². The fourth-order valence-electron chi connectivity index (χ4n) is 1.76. The van der Waals surface area contributed by atoms with Crippen molar-refractivity contribution in [2.75, 3.05) is 32.4 Å². The lowest BCUT2D eigenvalue weighted by molar-refractivity contribution is 0.0954. The van der Waals surface area contributed by atoms with Crippen molar-refractivity contribution >= 4 is 63.5 Å². The van der Waals surface area contributed by atoms with Crippen LogP contribution in [0.3, 0.4) is 0 Å². The van der Waals surface area contributed by atoms with Gasteiger partial charge in [-0.05, 0) is 45.2 Å². The Morgan fingerprint density at radius 2 is 1.92 bits per heavy atom. The second kappa shape index (κ2) is 12.8. The zero-order valence-electron chi connectivity index (χ0n) is 15.2. The Kier molecular flexibility index (Phi) is 12.6. The number of amides is 1. The minimum absolute atomic E-state index is 0. The molecule has 0 aliphatic heterocycles. The first-order valence-electron chi connectivity index (χ1n) is 7.99. The maximum absolute atomic E-state index is 12.1. The monoisotopic (exact) mass is 542 g/mol. The number of carbonyl (C=O) groups excluding carboxylic acids is 1. The quantitative estimate of drug-likeness (QED) is 0.204. The van der Waals surface area contributed by atoms with Gasteiger partial charge >= 0.3 is 0 Å². The number of halogens is 2. The Hall–Kier alpha value is -0.480. The van der Waals surface area contributed by atoms with Gasteiger partial charge in [0.05, 0.1) is 6.54 Å². The average Bonchev–Trinajstić information content (AvgIpc) is 2.56. The van der Waals surface area contributed by atoms with Crippen molar-refractivity contribution in [3.63, 3.8) is 0 Å². The molecule has 0 radical (unpaired) electrons. The van der Waals surface area contributed by atoms with Crippen molar-refractivity contribution in [1.82, 2.24) is 16.0 Å². The van der Waals surface area contributed by atoms with Crippen LogP contribution in [0.15, 0.2) is 33.7 Å². The van der Waals surface area contributed by atoms with Crippen LogP contribution < -0.4 is 16.0 Å². The molecule has 1 aromatic carbocycles. The van der Waals surface area contributed by atoms with Crippen molar-refractivity contribution in [2.45, 2.75) is 25.5 Å². The molecule has 0 unspecified atom stereocenters. The van der Waals surface area contributed by atoms with Crippen LogP contribution in [0.5, 0.6) is 0 Å². The normalized spacial score (nSPS) is 11.5. The molecule has 142 valence electrons. The molecule has 8 heteroatoms. The van der Waals surface area contributed by atoms with E-state index in [9.17, 15) is 4.79 Å². The van der Waals surface area contributed by atoms with E-state index in [4.69, 9.17) is 0 Å². The van der Waals surface area contributed by atoms with Crippen molar-refractivity contribution in [3.8, 4) is 0 Å². The number of aliphatic imine (C=N–C) groups is 1. The summed E-state index contributed by atoms with van der Waals surface area (Å²) in [6, 6.07) is 7.34. The Morgan fingerprint density at radius 3 is 2.52 bits per heavy atom. The lowest BCUT2D eigenvalue weighted by Gasteiger charge is -2.20. The minimum Gasteiger partial charge on any atom is -0.357 e. The Morgan fingerprint density at radius 1 is 1.24 bits per heavy atom. The van der Waals surface area contributed by atoms with Gasteiger partial charge in [0.1, 0.15) is 0 Å². The number of nitrogens with zero attached hydrogens (tertiary/aromatic N) is 1. The minimum atomic E-state index is -0.0800. The van der Waals surface area contributed by atoms with Gasteiger partial charge in [0, 0.05) is 34.4 Å². The number of nitrogens with one attached hydrogen (secondary N) is 3. The van der Waals surface area contributed by atoms with E-state index in [0.717, 1.165) is 23.5 Å². The van der Waals surface area contributed by atoms with E-state index in [1.807, 2.05) is 19.1 Å². The molecular formula is C17H28BrIN4OS. The Labute approximate surface area is 180 Å². The summed E-state index contributed by atoms with van der Waals surface area (Å²) in [4.78, 5) is 16.7. The fourth-order valence-corrected chi connectivity index (χ4v) is 2.36. The molecule has 0 saturated carbocycles. The molecule has 0 atom stereocenters.